The van der Waals surface area contributed by atoms with Crippen LogP contribution in [0.4, 0.5) is 0 Å². The molecule has 1 unspecified atom stereocenters. The third-order valence-corrected chi connectivity index (χ3v) is 8.05. The number of hydrogen-bond donors (Lipinski definition) is 1. The number of amides is 1. The second-order valence-electron chi connectivity index (χ2n) is 10.4. The van der Waals surface area contributed by atoms with E-state index >= 15 is 0 Å². The van der Waals surface area contributed by atoms with Crippen LogP contribution in [0, 0.1) is 11.8 Å². The third kappa shape index (κ3) is 11.4. The SMILES string of the molecule is CC(C)OP(=O)(OCCOCCOCCNC(=O)CCC(=O)C1Cc2ccccc2C#Cc2ccccc21)OC(C)C. The number of hydrogen-bond acceptors (Lipinski definition) is 8. The van der Waals surface area contributed by atoms with Gasteiger partial charge in [-0.1, -0.05) is 48.2 Å². The highest BCUT2D eigenvalue weighted by Crippen LogP contribution is 2.51. The normalized spacial score (nSPS) is 14.4. The van der Waals surface area contributed by atoms with Crippen LogP contribution in [0.1, 0.15) is 68.7 Å². The van der Waals surface area contributed by atoms with Gasteiger partial charge in [0.25, 0.3) is 0 Å². The molecule has 42 heavy (non-hydrogen) atoms. The Labute approximate surface area is 249 Å². The molecule has 3 rings (SSSR count). The molecule has 0 spiro atoms. The maximum Gasteiger partial charge on any atom is 0.475 e. The topological polar surface area (TPSA) is 109 Å². The predicted octanol–water partition coefficient (Wildman–Crippen LogP) is 5.20. The molecule has 1 amide bonds. The van der Waals surface area contributed by atoms with Crippen molar-refractivity contribution >= 4 is 19.5 Å². The summed E-state index contributed by atoms with van der Waals surface area (Å²) in [6, 6.07) is 15.6. The number of ketones is 1. The minimum absolute atomic E-state index is 0.0244. The van der Waals surface area contributed by atoms with Crippen molar-refractivity contribution < 1.29 is 37.2 Å². The highest BCUT2D eigenvalue weighted by Gasteiger charge is 2.29. The average molecular weight is 600 g/mol. The lowest BCUT2D eigenvalue weighted by Crippen LogP contribution is -2.28. The van der Waals surface area contributed by atoms with E-state index in [1.807, 2.05) is 48.5 Å². The van der Waals surface area contributed by atoms with Crippen molar-refractivity contribution in [3.05, 3.63) is 70.8 Å². The predicted molar refractivity (Wildman–Crippen MR) is 160 cm³/mol. The molecule has 1 aliphatic carbocycles. The molecule has 228 valence electrons. The fourth-order valence-electron chi connectivity index (χ4n) is 4.38. The van der Waals surface area contributed by atoms with Crippen molar-refractivity contribution in [2.45, 2.75) is 65.1 Å². The van der Waals surface area contributed by atoms with E-state index in [1.54, 1.807) is 27.7 Å². The van der Waals surface area contributed by atoms with Crippen LogP contribution >= 0.6 is 7.82 Å². The van der Waals surface area contributed by atoms with Crippen LogP contribution in [0.3, 0.4) is 0 Å². The molecule has 1 N–H and O–H groups in total. The molecule has 0 saturated carbocycles. The first kappa shape index (κ1) is 33.7. The number of Topliss-reactive ketones (excluding diaryl/α,β-unsaturated/α-hetero) is 1. The summed E-state index contributed by atoms with van der Waals surface area (Å²) in [7, 11) is -3.64. The molecule has 2 aromatic carbocycles. The van der Waals surface area contributed by atoms with Gasteiger partial charge < -0.3 is 14.8 Å². The Hall–Kier alpha value is -2.83. The van der Waals surface area contributed by atoms with Crippen LogP contribution in [0.25, 0.3) is 0 Å². The van der Waals surface area contributed by atoms with Crippen molar-refractivity contribution in [3.8, 4) is 11.8 Å². The molecule has 0 aromatic heterocycles. The van der Waals surface area contributed by atoms with Crippen LogP contribution in [-0.4, -0.2) is 63.5 Å². The maximum absolute atomic E-state index is 13.3. The van der Waals surface area contributed by atoms with E-state index in [2.05, 4.69) is 17.2 Å². The molecule has 0 fully saturated rings. The minimum Gasteiger partial charge on any atom is -0.377 e. The smallest absolute Gasteiger partial charge is 0.377 e. The number of ether oxygens (including phenoxy) is 2. The molecule has 1 atom stereocenters. The van der Waals surface area contributed by atoms with Crippen LogP contribution in [0.2, 0.25) is 0 Å². The van der Waals surface area contributed by atoms with Crippen LogP contribution in [-0.2, 0) is 43.6 Å². The summed E-state index contributed by atoms with van der Waals surface area (Å²) in [6.07, 6.45) is 0.207. The van der Waals surface area contributed by atoms with Crippen molar-refractivity contribution in [1.82, 2.24) is 5.32 Å². The van der Waals surface area contributed by atoms with Crippen LogP contribution in [0.15, 0.2) is 48.5 Å². The summed E-state index contributed by atoms with van der Waals surface area (Å²) in [5.74, 6) is 5.92. The molecule has 0 aliphatic heterocycles. The number of nitrogens with one attached hydrogen (secondary N) is 1. The van der Waals surface area contributed by atoms with Gasteiger partial charge in [-0.15, -0.1) is 0 Å². The molecule has 0 heterocycles. The summed E-state index contributed by atoms with van der Waals surface area (Å²) in [5, 5.41) is 2.80. The molecular weight excluding hydrogens is 557 g/mol. The van der Waals surface area contributed by atoms with Crippen molar-refractivity contribution in [2.75, 3.05) is 39.6 Å². The van der Waals surface area contributed by atoms with Crippen molar-refractivity contribution in [3.63, 3.8) is 0 Å². The average Bonchev–Trinajstić information content (AvgIpc) is 2.93. The van der Waals surface area contributed by atoms with Gasteiger partial charge in [0, 0.05) is 36.4 Å². The zero-order valence-corrected chi connectivity index (χ0v) is 25.8. The van der Waals surface area contributed by atoms with Gasteiger partial charge >= 0.3 is 7.82 Å². The van der Waals surface area contributed by atoms with Gasteiger partial charge in [0.15, 0.2) is 0 Å². The molecule has 10 heteroatoms. The van der Waals surface area contributed by atoms with E-state index < -0.39 is 7.82 Å². The summed E-state index contributed by atoms with van der Waals surface area (Å²) in [6.45, 7) is 8.53. The number of phosphoric acid groups is 1. The van der Waals surface area contributed by atoms with Gasteiger partial charge in [-0.3, -0.25) is 23.2 Å². The Bertz CT molecular complexity index is 1270. The van der Waals surface area contributed by atoms with E-state index in [9.17, 15) is 14.2 Å². The molecule has 0 radical (unpaired) electrons. The zero-order valence-electron chi connectivity index (χ0n) is 24.9. The molecule has 1 aliphatic rings. The summed E-state index contributed by atoms with van der Waals surface area (Å²) < 4.78 is 39.4. The van der Waals surface area contributed by atoms with E-state index in [-0.39, 0.29) is 55.9 Å². The van der Waals surface area contributed by atoms with Gasteiger partial charge in [-0.25, -0.2) is 4.57 Å². The van der Waals surface area contributed by atoms with Gasteiger partial charge in [0.2, 0.25) is 5.91 Å². The lowest BCUT2D eigenvalue weighted by atomic mass is 9.82. The van der Waals surface area contributed by atoms with Gasteiger partial charge in [0.1, 0.15) is 5.78 Å². The Balaban J connectivity index is 1.31. The number of fused-ring (bicyclic) bond motifs is 2. The number of phosphoric ester groups is 1. The van der Waals surface area contributed by atoms with E-state index in [0.29, 0.717) is 32.8 Å². The highest BCUT2D eigenvalue weighted by molar-refractivity contribution is 7.48. The minimum atomic E-state index is -3.64. The largest absolute Gasteiger partial charge is 0.475 e. The van der Waals surface area contributed by atoms with Gasteiger partial charge in [-0.05, 0) is 57.4 Å². The standard InChI is InChI=1S/C32H42NO8P/c1-24(2)40-42(36,41-25(3)4)39-22-21-38-20-19-37-18-17-33-32(35)16-15-31(34)30-23-28-11-6-5-9-26(28)13-14-27-10-7-8-12-29(27)30/h5-12,24-25,30H,15-23H2,1-4H3,(H,33,35). The van der Waals surface area contributed by atoms with E-state index in [4.69, 9.17) is 23.0 Å². The summed E-state index contributed by atoms with van der Waals surface area (Å²) in [5.41, 5.74) is 3.73. The molecule has 0 bridgehead atoms. The van der Waals surface area contributed by atoms with E-state index in [1.165, 1.54) is 0 Å². The number of benzene rings is 2. The highest BCUT2D eigenvalue weighted by atomic mass is 31.2. The molecule has 9 nitrogen and oxygen atoms in total. The first-order valence-corrected chi connectivity index (χ1v) is 15.9. The van der Waals surface area contributed by atoms with Crippen LogP contribution in [0.5, 0.6) is 0 Å². The second kappa shape index (κ2) is 17.3. The number of carbonyl (C=O) groups excluding carboxylic acids is 2. The number of carbonyl (C=O) groups is 2. The molecular formula is C32H42NO8P. The zero-order chi connectivity index (χ0) is 30.4. The Morgan fingerprint density at radius 2 is 1.43 bits per heavy atom. The molecule has 0 saturated heterocycles. The summed E-state index contributed by atoms with van der Waals surface area (Å²) in [4.78, 5) is 25.7. The second-order valence-corrected chi connectivity index (χ2v) is 12.0. The van der Waals surface area contributed by atoms with Gasteiger partial charge in [0.05, 0.1) is 45.2 Å². The van der Waals surface area contributed by atoms with Crippen LogP contribution < -0.4 is 5.32 Å². The Kier molecular flexibility index (Phi) is 13.9. The number of rotatable bonds is 18. The van der Waals surface area contributed by atoms with Crippen molar-refractivity contribution in [1.29, 1.82) is 0 Å². The summed E-state index contributed by atoms with van der Waals surface area (Å²) >= 11 is 0. The maximum atomic E-state index is 13.3. The Morgan fingerprint density at radius 3 is 2.14 bits per heavy atom. The van der Waals surface area contributed by atoms with E-state index in [0.717, 1.165) is 22.3 Å². The van der Waals surface area contributed by atoms with Gasteiger partial charge in [-0.2, -0.15) is 0 Å². The Morgan fingerprint density at radius 1 is 0.833 bits per heavy atom. The lowest BCUT2D eigenvalue weighted by molar-refractivity contribution is -0.126. The lowest BCUT2D eigenvalue weighted by Gasteiger charge is -2.21. The fraction of sp³-hybridized carbons (Fsp3) is 0.500. The first-order valence-electron chi connectivity index (χ1n) is 14.4. The molecule has 2 aromatic rings. The quantitative estimate of drug-likeness (QED) is 0.142. The van der Waals surface area contributed by atoms with Crippen molar-refractivity contribution in [2.24, 2.45) is 0 Å². The monoisotopic (exact) mass is 599 g/mol. The fourth-order valence-corrected chi connectivity index (χ4v) is 5.88. The third-order valence-electron chi connectivity index (χ3n) is 6.19. The first-order chi connectivity index (χ1) is 20.2.